The van der Waals surface area contributed by atoms with Crippen molar-refractivity contribution in [3.8, 4) is 0 Å². The minimum atomic E-state index is -0.191. The van der Waals surface area contributed by atoms with Crippen LogP contribution in [-0.2, 0) is 4.74 Å². The van der Waals surface area contributed by atoms with Gasteiger partial charge in [-0.1, -0.05) is 12.8 Å². The van der Waals surface area contributed by atoms with Gasteiger partial charge in [0.05, 0.1) is 13.2 Å². The molecule has 2 heterocycles. The van der Waals surface area contributed by atoms with E-state index in [1.54, 1.807) is 17.0 Å². The van der Waals surface area contributed by atoms with E-state index in [1.165, 1.54) is 6.20 Å². The van der Waals surface area contributed by atoms with Crippen LogP contribution in [-0.4, -0.2) is 54.0 Å². The van der Waals surface area contributed by atoms with Crippen molar-refractivity contribution in [1.29, 1.82) is 0 Å². The Morgan fingerprint density at radius 1 is 1.23 bits per heavy atom. The third-order valence-corrected chi connectivity index (χ3v) is 4.23. The van der Waals surface area contributed by atoms with Crippen LogP contribution in [0.2, 0.25) is 0 Å². The van der Waals surface area contributed by atoms with Crippen molar-refractivity contribution in [3.05, 3.63) is 29.6 Å². The fourth-order valence-electron chi connectivity index (χ4n) is 2.97. The number of pyridine rings is 1. The number of morpholine rings is 1. The maximum Gasteiger partial charge on any atom is 0.270 e. The van der Waals surface area contributed by atoms with E-state index in [-0.39, 0.29) is 17.9 Å². The van der Waals surface area contributed by atoms with Crippen LogP contribution in [0.15, 0.2) is 18.3 Å². The maximum atomic E-state index is 12.4. The molecule has 1 N–H and O–H groups in total. The Labute approximate surface area is 129 Å². The molecule has 1 saturated carbocycles. The smallest absolute Gasteiger partial charge is 0.270 e. The molecule has 3 rings (SSSR count). The molecule has 6 nitrogen and oxygen atoms in total. The van der Waals surface area contributed by atoms with Crippen LogP contribution >= 0.6 is 0 Å². The van der Waals surface area contributed by atoms with Crippen molar-refractivity contribution in [2.24, 2.45) is 0 Å². The zero-order chi connectivity index (χ0) is 15.4. The lowest BCUT2D eigenvalue weighted by molar-refractivity contribution is 0.0303. The van der Waals surface area contributed by atoms with Crippen molar-refractivity contribution in [1.82, 2.24) is 15.2 Å². The predicted molar refractivity (Wildman–Crippen MR) is 80.7 cm³/mol. The summed E-state index contributed by atoms with van der Waals surface area (Å²) in [6.07, 6.45) is 5.90. The molecule has 1 aliphatic carbocycles. The van der Waals surface area contributed by atoms with Crippen molar-refractivity contribution >= 4 is 11.8 Å². The molecule has 0 aromatic carbocycles. The Bertz CT molecular complexity index is 549. The fourth-order valence-corrected chi connectivity index (χ4v) is 2.97. The van der Waals surface area contributed by atoms with E-state index in [9.17, 15) is 9.59 Å². The number of rotatable bonds is 3. The highest BCUT2D eigenvalue weighted by Crippen LogP contribution is 2.18. The second-order valence-electron chi connectivity index (χ2n) is 5.79. The number of hydrogen-bond donors (Lipinski definition) is 1. The van der Waals surface area contributed by atoms with Crippen molar-refractivity contribution in [2.75, 3.05) is 26.3 Å². The summed E-state index contributed by atoms with van der Waals surface area (Å²) >= 11 is 0. The standard InChI is InChI=1S/C16H21N3O3/c20-15(18-13-3-1-2-4-13)14-11-12(5-6-17-14)16(21)19-7-9-22-10-8-19/h5-6,11,13H,1-4,7-10H2,(H,18,20). The van der Waals surface area contributed by atoms with E-state index >= 15 is 0 Å². The molecule has 2 amide bonds. The zero-order valence-corrected chi connectivity index (χ0v) is 12.6. The van der Waals surface area contributed by atoms with Crippen LogP contribution in [0.4, 0.5) is 0 Å². The molecule has 22 heavy (non-hydrogen) atoms. The highest BCUT2D eigenvalue weighted by Gasteiger charge is 2.22. The Kier molecular flexibility index (Phi) is 4.68. The lowest BCUT2D eigenvalue weighted by Gasteiger charge is -2.26. The summed E-state index contributed by atoms with van der Waals surface area (Å²) in [6, 6.07) is 3.49. The van der Waals surface area contributed by atoms with Crippen LogP contribution in [0.3, 0.4) is 0 Å². The summed E-state index contributed by atoms with van der Waals surface area (Å²) in [5.74, 6) is -0.260. The molecule has 1 aliphatic heterocycles. The summed E-state index contributed by atoms with van der Waals surface area (Å²) in [4.78, 5) is 30.5. The van der Waals surface area contributed by atoms with Gasteiger partial charge in [-0.05, 0) is 25.0 Å². The van der Waals surface area contributed by atoms with E-state index in [2.05, 4.69) is 10.3 Å². The minimum absolute atomic E-state index is 0.0689. The number of ether oxygens (including phenoxy) is 1. The number of amides is 2. The number of nitrogens with one attached hydrogen (secondary N) is 1. The van der Waals surface area contributed by atoms with Gasteiger partial charge in [0.15, 0.2) is 0 Å². The SMILES string of the molecule is O=C(NC1CCCC1)c1cc(C(=O)N2CCOCC2)ccn1. The van der Waals surface area contributed by atoms with Gasteiger partial charge >= 0.3 is 0 Å². The minimum Gasteiger partial charge on any atom is -0.378 e. The lowest BCUT2D eigenvalue weighted by atomic mass is 10.1. The molecule has 0 spiro atoms. The van der Waals surface area contributed by atoms with Crippen molar-refractivity contribution in [3.63, 3.8) is 0 Å². The Morgan fingerprint density at radius 3 is 2.68 bits per heavy atom. The van der Waals surface area contributed by atoms with E-state index in [0.717, 1.165) is 25.7 Å². The topological polar surface area (TPSA) is 71.5 Å². The maximum absolute atomic E-state index is 12.4. The molecular formula is C16H21N3O3. The molecule has 1 aromatic rings. The summed E-state index contributed by atoms with van der Waals surface area (Å²) in [6.45, 7) is 2.30. The van der Waals surface area contributed by atoms with E-state index in [1.807, 2.05) is 0 Å². The number of aromatic nitrogens is 1. The second-order valence-corrected chi connectivity index (χ2v) is 5.79. The number of hydrogen-bond acceptors (Lipinski definition) is 4. The van der Waals surface area contributed by atoms with Crippen LogP contribution in [0.1, 0.15) is 46.5 Å². The molecule has 0 unspecified atom stereocenters. The third kappa shape index (κ3) is 3.44. The summed E-state index contributed by atoms with van der Waals surface area (Å²) in [5, 5.41) is 2.99. The van der Waals surface area contributed by atoms with Gasteiger partial charge in [0.2, 0.25) is 0 Å². The third-order valence-electron chi connectivity index (χ3n) is 4.23. The van der Waals surface area contributed by atoms with Crippen LogP contribution in [0.25, 0.3) is 0 Å². The Hall–Kier alpha value is -1.95. The van der Waals surface area contributed by atoms with E-state index < -0.39 is 0 Å². The predicted octanol–water partition coefficient (Wildman–Crippen LogP) is 1.23. The van der Waals surface area contributed by atoms with Gasteiger partial charge < -0.3 is 15.0 Å². The molecule has 6 heteroatoms. The summed E-state index contributed by atoms with van der Waals surface area (Å²) in [5.41, 5.74) is 0.819. The van der Waals surface area contributed by atoms with Crippen molar-refractivity contribution in [2.45, 2.75) is 31.7 Å². The van der Waals surface area contributed by atoms with Gasteiger partial charge in [-0.3, -0.25) is 14.6 Å². The van der Waals surface area contributed by atoms with Gasteiger partial charge in [-0.2, -0.15) is 0 Å². The number of carbonyl (C=O) groups is 2. The first kappa shape index (κ1) is 15.0. The largest absolute Gasteiger partial charge is 0.378 e. The zero-order valence-electron chi connectivity index (χ0n) is 12.6. The summed E-state index contributed by atoms with van der Waals surface area (Å²) in [7, 11) is 0. The van der Waals surface area contributed by atoms with Crippen molar-refractivity contribution < 1.29 is 14.3 Å². The number of nitrogens with zero attached hydrogens (tertiary/aromatic N) is 2. The van der Waals surface area contributed by atoms with E-state index in [0.29, 0.717) is 37.6 Å². The van der Waals surface area contributed by atoms with Crippen LogP contribution in [0, 0.1) is 0 Å². The van der Waals surface area contributed by atoms with Gasteiger partial charge in [0, 0.05) is 30.9 Å². The second kappa shape index (κ2) is 6.87. The lowest BCUT2D eigenvalue weighted by Crippen LogP contribution is -2.40. The molecule has 1 saturated heterocycles. The first-order valence-electron chi connectivity index (χ1n) is 7.88. The van der Waals surface area contributed by atoms with Crippen LogP contribution < -0.4 is 5.32 Å². The normalized spacial score (nSPS) is 19.2. The Balaban J connectivity index is 1.68. The van der Waals surface area contributed by atoms with Gasteiger partial charge in [-0.15, -0.1) is 0 Å². The van der Waals surface area contributed by atoms with Crippen LogP contribution in [0.5, 0.6) is 0 Å². The Morgan fingerprint density at radius 2 is 1.95 bits per heavy atom. The van der Waals surface area contributed by atoms with Gasteiger partial charge in [-0.25, -0.2) is 0 Å². The highest BCUT2D eigenvalue weighted by molar-refractivity contribution is 5.98. The highest BCUT2D eigenvalue weighted by atomic mass is 16.5. The molecule has 2 fully saturated rings. The average molecular weight is 303 g/mol. The van der Waals surface area contributed by atoms with E-state index in [4.69, 9.17) is 4.74 Å². The number of carbonyl (C=O) groups excluding carboxylic acids is 2. The quantitative estimate of drug-likeness (QED) is 0.911. The first-order chi connectivity index (χ1) is 10.7. The monoisotopic (exact) mass is 303 g/mol. The summed E-state index contributed by atoms with van der Waals surface area (Å²) < 4.78 is 5.25. The molecule has 0 atom stereocenters. The molecule has 1 aromatic heterocycles. The molecule has 118 valence electrons. The average Bonchev–Trinajstić information content (AvgIpc) is 3.08. The molecular weight excluding hydrogens is 282 g/mol. The molecule has 2 aliphatic rings. The van der Waals surface area contributed by atoms with Gasteiger partial charge in [0.25, 0.3) is 11.8 Å². The molecule has 0 radical (unpaired) electrons. The fraction of sp³-hybridized carbons (Fsp3) is 0.562. The van der Waals surface area contributed by atoms with Gasteiger partial charge in [0.1, 0.15) is 5.69 Å². The first-order valence-corrected chi connectivity index (χ1v) is 7.88. The molecule has 0 bridgehead atoms.